The number of anilines is 3. The molecule has 3 aromatic carbocycles. The van der Waals surface area contributed by atoms with E-state index in [9.17, 15) is 0 Å². The first-order valence-corrected chi connectivity index (χ1v) is 19.5. The summed E-state index contributed by atoms with van der Waals surface area (Å²) in [7, 11) is 0. The topological polar surface area (TPSA) is 73.2 Å². The molecule has 0 saturated carbocycles. The Balaban J connectivity index is 1.52. The third-order valence-electron chi connectivity index (χ3n) is 7.11. The Labute approximate surface area is 292 Å². The highest BCUT2D eigenvalue weighted by Gasteiger charge is 2.01. The third-order valence-corrected chi connectivity index (χ3v) is 9.30. The van der Waals surface area contributed by atoms with E-state index in [0.717, 1.165) is 122 Å². The lowest BCUT2D eigenvalue weighted by molar-refractivity contribution is 0.901. The van der Waals surface area contributed by atoms with Gasteiger partial charge in [-0.3, -0.25) is 15.0 Å². The van der Waals surface area contributed by atoms with E-state index < -0.39 is 0 Å². The molecule has 3 N–H and O–H groups in total. The summed E-state index contributed by atoms with van der Waals surface area (Å²) in [5, 5.41) is 13.8. The molecule has 254 valence electrons. The van der Waals surface area contributed by atoms with Crippen LogP contribution >= 0.6 is 23.5 Å². The molecule has 0 fully saturated rings. The van der Waals surface area contributed by atoms with Crippen LogP contribution in [0.2, 0.25) is 0 Å². The van der Waals surface area contributed by atoms with E-state index in [1.807, 2.05) is 23.5 Å². The molecular weight excluding hydrogens is 617 g/mol. The first-order valence-electron chi connectivity index (χ1n) is 17.5. The summed E-state index contributed by atoms with van der Waals surface area (Å²) in [4.78, 5) is 17.1. The molecule has 0 spiro atoms. The molecule has 3 rings (SSSR count). The Morgan fingerprint density at radius 2 is 0.915 bits per heavy atom. The largest absolute Gasteiger partial charge is 0.383 e. The van der Waals surface area contributed by atoms with Gasteiger partial charge in [0.2, 0.25) is 0 Å². The SMILES string of the molecule is CCCN=c1ccc(SCCCN=c2cccccc2NCCCSc2ccc(NCCC)c(=NCCC)cc2)ccc1NCCC. The minimum absolute atomic E-state index is 0.799. The average molecular weight is 673 g/mol. The first-order chi connectivity index (χ1) is 23.2. The summed E-state index contributed by atoms with van der Waals surface area (Å²) in [5.41, 5.74) is 3.34. The quantitative estimate of drug-likeness (QED) is 0.0781. The summed E-state index contributed by atoms with van der Waals surface area (Å²) in [6, 6.07) is 28.0. The van der Waals surface area contributed by atoms with Crippen molar-refractivity contribution in [1.29, 1.82) is 0 Å². The van der Waals surface area contributed by atoms with Crippen molar-refractivity contribution >= 4 is 40.6 Å². The molecule has 0 atom stereocenters. The normalized spacial score (nSPS) is 12.3. The van der Waals surface area contributed by atoms with Crippen LogP contribution in [0, 0.1) is 0 Å². The van der Waals surface area contributed by atoms with E-state index in [-0.39, 0.29) is 0 Å². The van der Waals surface area contributed by atoms with Gasteiger partial charge >= 0.3 is 0 Å². The second kappa shape index (κ2) is 24.0. The van der Waals surface area contributed by atoms with Gasteiger partial charge in [-0.15, -0.1) is 23.5 Å². The number of nitrogens with zero attached hydrogens (tertiary/aromatic N) is 3. The summed E-state index contributed by atoms with van der Waals surface area (Å²) < 4.78 is 0. The lowest BCUT2D eigenvalue weighted by atomic mass is 10.3. The second-order valence-corrected chi connectivity index (χ2v) is 13.6. The zero-order valence-corrected chi connectivity index (χ0v) is 30.7. The number of hydrogen-bond donors (Lipinski definition) is 3. The summed E-state index contributed by atoms with van der Waals surface area (Å²) in [6.07, 6.45) is 6.37. The molecule has 0 heterocycles. The maximum atomic E-state index is 4.98. The Hall–Kier alpha value is -3.23. The fourth-order valence-corrected chi connectivity index (χ4v) is 6.32. The molecule has 0 aromatic heterocycles. The van der Waals surface area contributed by atoms with Gasteiger partial charge in [-0.25, -0.2) is 0 Å². The molecule has 0 bridgehead atoms. The van der Waals surface area contributed by atoms with E-state index in [0.29, 0.717) is 0 Å². The number of thioether (sulfide) groups is 2. The highest BCUT2D eigenvalue weighted by atomic mass is 32.2. The Bertz CT molecular complexity index is 1540. The van der Waals surface area contributed by atoms with Gasteiger partial charge in [0.1, 0.15) is 0 Å². The predicted molar refractivity (Wildman–Crippen MR) is 208 cm³/mol. The molecule has 0 amide bonds. The highest BCUT2D eigenvalue weighted by molar-refractivity contribution is 7.99. The lowest BCUT2D eigenvalue weighted by Gasteiger charge is -2.06. The number of nitrogens with one attached hydrogen (secondary N) is 3. The van der Waals surface area contributed by atoms with Crippen LogP contribution in [-0.4, -0.2) is 50.8 Å². The zero-order valence-electron chi connectivity index (χ0n) is 29.1. The van der Waals surface area contributed by atoms with Crippen molar-refractivity contribution in [3.8, 4) is 0 Å². The van der Waals surface area contributed by atoms with Crippen molar-refractivity contribution in [2.24, 2.45) is 15.0 Å². The van der Waals surface area contributed by atoms with Crippen molar-refractivity contribution in [1.82, 2.24) is 0 Å². The van der Waals surface area contributed by atoms with Crippen molar-refractivity contribution < 1.29 is 0 Å². The van der Waals surface area contributed by atoms with E-state index >= 15 is 0 Å². The summed E-state index contributed by atoms with van der Waals surface area (Å²) in [5.74, 6) is 2.06. The average Bonchev–Trinajstić information content (AvgIpc) is 3.52. The maximum absolute atomic E-state index is 4.98. The minimum Gasteiger partial charge on any atom is -0.383 e. The van der Waals surface area contributed by atoms with Gasteiger partial charge in [-0.05, 0) is 111 Å². The molecule has 3 aromatic rings. The van der Waals surface area contributed by atoms with Crippen molar-refractivity contribution in [2.75, 3.05) is 66.7 Å². The third kappa shape index (κ3) is 15.0. The molecule has 0 aliphatic rings. The molecule has 0 radical (unpaired) electrons. The van der Waals surface area contributed by atoms with E-state index in [1.54, 1.807) is 0 Å². The Kier molecular flexibility index (Phi) is 19.5. The smallest absolute Gasteiger partial charge is 0.0806 e. The Morgan fingerprint density at radius 3 is 1.49 bits per heavy atom. The van der Waals surface area contributed by atoms with E-state index in [4.69, 9.17) is 15.0 Å². The number of hydrogen-bond acceptors (Lipinski definition) is 8. The van der Waals surface area contributed by atoms with Gasteiger partial charge in [0, 0.05) is 49.1 Å². The minimum atomic E-state index is 0.799. The van der Waals surface area contributed by atoms with Crippen LogP contribution in [0.3, 0.4) is 0 Å². The molecular formula is C39H56N6S2. The zero-order chi connectivity index (χ0) is 33.4. The molecule has 47 heavy (non-hydrogen) atoms. The van der Waals surface area contributed by atoms with Gasteiger partial charge in [-0.1, -0.05) is 45.9 Å². The van der Waals surface area contributed by atoms with Crippen LogP contribution in [0.4, 0.5) is 17.1 Å². The van der Waals surface area contributed by atoms with Crippen molar-refractivity contribution in [3.05, 3.63) is 94.9 Å². The summed E-state index contributed by atoms with van der Waals surface area (Å²) >= 11 is 3.78. The molecule has 0 aliphatic carbocycles. The van der Waals surface area contributed by atoms with Crippen LogP contribution in [0.5, 0.6) is 0 Å². The van der Waals surface area contributed by atoms with E-state index in [2.05, 4.69) is 123 Å². The molecule has 8 heteroatoms. The van der Waals surface area contributed by atoms with Gasteiger partial charge < -0.3 is 16.0 Å². The van der Waals surface area contributed by atoms with Gasteiger partial charge in [0.15, 0.2) is 0 Å². The summed E-state index contributed by atoms with van der Waals surface area (Å²) in [6.45, 7) is 14.0. The van der Waals surface area contributed by atoms with Crippen LogP contribution in [-0.2, 0) is 0 Å². The van der Waals surface area contributed by atoms with Crippen LogP contribution in [0.25, 0.3) is 0 Å². The Morgan fingerprint density at radius 1 is 0.447 bits per heavy atom. The fraction of sp³-hybridized carbons (Fsp3) is 0.462. The molecule has 0 unspecified atom stereocenters. The standard InChI is InChI=1S/C39H56N6S2/c1-5-24-40-36-20-16-32(17-21-37(36)41-25-6-2)46-30-12-28-44-34-14-10-9-11-15-35(34)45-29-13-31-47-33-18-22-38(42-26-7-3)39(23-19-33)43-27-8-4/h9-11,14-23H,5-8,12-13,24-31H2,1-4H3,(H,40,41)(H,42,43)(H,44,45). The lowest BCUT2D eigenvalue weighted by Crippen LogP contribution is -2.12. The van der Waals surface area contributed by atoms with Gasteiger partial charge in [-0.2, -0.15) is 0 Å². The molecule has 0 aliphatic heterocycles. The second-order valence-electron chi connectivity index (χ2n) is 11.3. The van der Waals surface area contributed by atoms with Crippen LogP contribution in [0.15, 0.2) is 104 Å². The highest BCUT2D eigenvalue weighted by Crippen LogP contribution is 2.19. The van der Waals surface area contributed by atoms with Gasteiger partial charge in [0.25, 0.3) is 0 Å². The van der Waals surface area contributed by atoms with E-state index in [1.165, 1.54) is 9.79 Å². The van der Waals surface area contributed by atoms with Crippen molar-refractivity contribution in [2.45, 2.75) is 76.0 Å². The fourth-order valence-electron chi connectivity index (χ4n) is 4.63. The molecule has 6 nitrogen and oxygen atoms in total. The predicted octanol–water partition coefficient (Wildman–Crippen LogP) is 8.63. The number of rotatable bonds is 21. The maximum Gasteiger partial charge on any atom is 0.0806 e. The van der Waals surface area contributed by atoms with Crippen molar-refractivity contribution in [3.63, 3.8) is 0 Å². The van der Waals surface area contributed by atoms with Crippen LogP contribution in [0.1, 0.15) is 66.2 Å². The monoisotopic (exact) mass is 672 g/mol. The molecule has 0 saturated heterocycles. The first kappa shape index (κ1) is 38.2. The van der Waals surface area contributed by atoms with Gasteiger partial charge in [0.05, 0.1) is 33.1 Å². The van der Waals surface area contributed by atoms with Crippen LogP contribution < -0.4 is 32.0 Å².